The number of ether oxygens (including phenoxy) is 1. The number of halogens is 4. The van der Waals surface area contributed by atoms with E-state index in [1.165, 1.54) is 11.4 Å². The van der Waals surface area contributed by atoms with Crippen molar-refractivity contribution < 1.29 is 17.9 Å². The monoisotopic (exact) mass is 358 g/mol. The quantitative estimate of drug-likeness (QED) is 0.593. The lowest BCUT2D eigenvalue weighted by molar-refractivity contribution is -0.198. The molecule has 1 atom stereocenters. The van der Waals surface area contributed by atoms with E-state index in [0.717, 1.165) is 11.3 Å². The Morgan fingerprint density at radius 2 is 1.96 bits per heavy atom. The van der Waals surface area contributed by atoms with Crippen LogP contribution in [0.3, 0.4) is 0 Å². The summed E-state index contributed by atoms with van der Waals surface area (Å²) in [6.45, 7) is 1.63. The fourth-order valence-electron chi connectivity index (χ4n) is 2.08. The molecule has 3 rings (SSSR count). The van der Waals surface area contributed by atoms with Gasteiger partial charge >= 0.3 is 6.18 Å². The minimum absolute atomic E-state index is 0.120. The third-order valence-corrected chi connectivity index (χ3v) is 4.16. The second-order valence-electron chi connectivity index (χ2n) is 4.80. The zero-order valence-corrected chi connectivity index (χ0v) is 13.3. The van der Waals surface area contributed by atoms with Crippen molar-refractivity contribution in [2.75, 3.05) is 0 Å². The van der Waals surface area contributed by atoms with E-state index in [9.17, 15) is 13.2 Å². The molecule has 120 valence electrons. The molecule has 3 nitrogen and oxygen atoms in total. The van der Waals surface area contributed by atoms with Crippen molar-refractivity contribution in [1.82, 2.24) is 9.97 Å². The van der Waals surface area contributed by atoms with E-state index in [0.29, 0.717) is 15.9 Å². The number of para-hydroxylation sites is 1. The molecule has 2 aromatic heterocycles. The van der Waals surface area contributed by atoms with Crippen molar-refractivity contribution in [3.63, 3.8) is 0 Å². The Hall–Kier alpha value is -1.86. The largest absolute Gasteiger partial charge is 0.471 e. The topological polar surface area (TPSA) is 35.0 Å². The van der Waals surface area contributed by atoms with Gasteiger partial charge in [-0.05, 0) is 19.1 Å². The van der Waals surface area contributed by atoms with E-state index in [1.54, 1.807) is 31.2 Å². The number of nitrogens with zero attached hydrogens (tertiary/aromatic N) is 2. The molecule has 0 aliphatic heterocycles. The van der Waals surface area contributed by atoms with E-state index >= 15 is 0 Å². The molecular formula is C15H10ClF3N2OS. The molecule has 1 unspecified atom stereocenters. The van der Waals surface area contributed by atoms with E-state index in [-0.39, 0.29) is 16.6 Å². The molecule has 23 heavy (non-hydrogen) atoms. The zero-order valence-electron chi connectivity index (χ0n) is 11.8. The second-order valence-corrected chi connectivity index (χ2v) is 6.22. The average molecular weight is 359 g/mol. The highest BCUT2D eigenvalue weighted by molar-refractivity contribution is 7.09. The first-order valence-corrected chi connectivity index (χ1v) is 7.81. The van der Waals surface area contributed by atoms with Crippen LogP contribution in [0.1, 0.15) is 16.8 Å². The number of rotatable bonds is 3. The Bertz CT molecular complexity index is 850. The molecule has 2 heterocycles. The molecule has 0 amide bonds. The van der Waals surface area contributed by atoms with Crippen LogP contribution in [0.15, 0.2) is 35.7 Å². The molecule has 0 N–H and O–H groups in total. The van der Waals surface area contributed by atoms with Gasteiger partial charge in [0.15, 0.2) is 10.9 Å². The fraction of sp³-hybridized carbons (Fsp3) is 0.200. The van der Waals surface area contributed by atoms with Gasteiger partial charge in [0.05, 0.1) is 10.5 Å². The molecule has 3 aromatic rings. The molecule has 8 heteroatoms. The summed E-state index contributed by atoms with van der Waals surface area (Å²) in [5, 5.41) is 2.38. The Kier molecular flexibility index (Phi) is 4.16. The van der Waals surface area contributed by atoms with Crippen molar-refractivity contribution in [3.8, 4) is 5.75 Å². The predicted molar refractivity (Wildman–Crippen MR) is 83.0 cm³/mol. The lowest BCUT2D eigenvalue weighted by Crippen LogP contribution is -2.26. The number of aromatic nitrogens is 2. The highest BCUT2D eigenvalue weighted by atomic mass is 35.5. The standard InChI is InChI=1S/C15H10ClF3N2OS/c1-8-20-11(7-23-8)13(15(17,18)19)22-12-6-9-4-2-3-5-10(9)21-14(12)16/h2-7,13H,1H3. The lowest BCUT2D eigenvalue weighted by atomic mass is 10.2. The third kappa shape index (κ3) is 3.40. The van der Waals surface area contributed by atoms with Crippen LogP contribution < -0.4 is 4.74 Å². The number of pyridine rings is 1. The van der Waals surface area contributed by atoms with Crippen LogP contribution in [0.4, 0.5) is 13.2 Å². The van der Waals surface area contributed by atoms with Gasteiger partial charge in [-0.1, -0.05) is 29.8 Å². The second kappa shape index (κ2) is 5.98. The first-order valence-electron chi connectivity index (χ1n) is 6.55. The minimum Gasteiger partial charge on any atom is -0.471 e. The average Bonchev–Trinajstić information content (AvgIpc) is 2.89. The van der Waals surface area contributed by atoms with Gasteiger partial charge in [0.2, 0.25) is 6.10 Å². The maximum Gasteiger partial charge on any atom is 0.431 e. The molecule has 0 fully saturated rings. The Morgan fingerprint density at radius 1 is 1.22 bits per heavy atom. The van der Waals surface area contributed by atoms with E-state index in [1.807, 2.05) is 0 Å². The van der Waals surface area contributed by atoms with E-state index in [2.05, 4.69) is 9.97 Å². The predicted octanol–water partition coefficient (Wildman–Crippen LogP) is 5.34. The Labute approximate surface area is 138 Å². The van der Waals surface area contributed by atoms with Gasteiger partial charge < -0.3 is 4.74 Å². The van der Waals surface area contributed by atoms with Crippen LogP contribution in [-0.2, 0) is 0 Å². The van der Waals surface area contributed by atoms with Crippen LogP contribution >= 0.6 is 22.9 Å². The molecule has 0 aliphatic carbocycles. The maximum absolute atomic E-state index is 13.3. The first-order chi connectivity index (χ1) is 10.8. The number of hydrogen-bond donors (Lipinski definition) is 0. The number of thiazole rings is 1. The van der Waals surface area contributed by atoms with Gasteiger partial charge in [0.25, 0.3) is 0 Å². The van der Waals surface area contributed by atoms with Crippen LogP contribution in [-0.4, -0.2) is 16.1 Å². The summed E-state index contributed by atoms with van der Waals surface area (Å²) in [6.07, 6.45) is -6.80. The molecule has 1 aromatic carbocycles. The zero-order chi connectivity index (χ0) is 16.6. The highest BCUT2D eigenvalue weighted by Crippen LogP contribution is 2.39. The normalized spacial score (nSPS) is 13.3. The summed E-state index contributed by atoms with van der Waals surface area (Å²) >= 11 is 7.10. The fourth-order valence-corrected chi connectivity index (χ4v) is 2.89. The van der Waals surface area contributed by atoms with Crippen LogP contribution in [0.25, 0.3) is 10.9 Å². The molecular weight excluding hydrogens is 349 g/mol. The van der Waals surface area contributed by atoms with Crippen molar-refractivity contribution in [3.05, 3.63) is 51.6 Å². The Balaban J connectivity index is 2.01. The van der Waals surface area contributed by atoms with Crippen LogP contribution in [0.5, 0.6) is 5.75 Å². The number of fused-ring (bicyclic) bond motifs is 1. The lowest BCUT2D eigenvalue weighted by Gasteiger charge is -2.20. The molecule has 0 spiro atoms. The van der Waals surface area contributed by atoms with Gasteiger partial charge in [0, 0.05) is 10.8 Å². The number of hydrogen-bond acceptors (Lipinski definition) is 4. The highest BCUT2D eigenvalue weighted by Gasteiger charge is 2.45. The van der Waals surface area contributed by atoms with Gasteiger partial charge in [-0.15, -0.1) is 11.3 Å². The third-order valence-electron chi connectivity index (χ3n) is 3.09. The molecule has 0 radical (unpaired) electrons. The number of alkyl halides is 3. The van der Waals surface area contributed by atoms with Gasteiger partial charge in [0.1, 0.15) is 5.69 Å². The summed E-state index contributed by atoms with van der Waals surface area (Å²) in [4.78, 5) is 7.94. The summed E-state index contributed by atoms with van der Waals surface area (Å²) < 4.78 is 45.1. The minimum atomic E-state index is -4.62. The van der Waals surface area contributed by atoms with Crippen molar-refractivity contribution in [2.45, 2.75) is 19.2 Å². The summed E-state index contributed by atoms with van der Waals surface area (Å²) in [6, 6.07) is 8.41. The van der Waals surface area contributed by atoms with Gasteiger partial charge in [-0.2, -0.15) is 13.2 Å². The number of benzene rings is 1. The first kappa shape index (κ1) is 16.0. The summed E-state index contributed by atoms with van der Waals surface area (Å²) in [7, 11) is 0. The SMILES string of the molecule is Cc1nc(C(Oc2cc3ccccc3nc2Cl)C(F)(F)F)cs1. The summed E-state index contributed by atoms with van der Waals surface area (Å²) in [5.74, 6) is -0.127. The smallest absolute Gasteiger partial charge is 0.431 e. The van der Waals surface area contributed by atoms with Crippen molar-refractivity contribution in [2.24, 2.45) is 0 Å². The molecule has 0 aliphatic rings. The van der Waals surface area contributed by atoms with Crippen LogP contribution in [0, 0.1) is 6.92 Å². The van der Waals surface area contributed by atoms with Gasteiger partial charge in [-0.3, -0.25) is 0 Å². The maximum atomic E-state index is 13.3. The van der Waals surface area contributed by atoms with E-state index < -0.39 is 12.3 Å². The number of aryl methyl sites for hydroxylation is 1. The van der Waals surface area contributed by atoms with Gasteiger partial charge in [-0.25, -0.2) is 9.97 Å². The molecule has 0 bridgehead atoms. The Morgan fingerprint density at radius 3 is 2.61 bits per heavy atom. The van der Waals surface area contributed by atoms with Crippen molar-refractivity contribution >= 4 is 33.8 Å². The van der Waals surface area contributed by atoms with E-state index in [4.69, 9.17) is 16.3 Å². The molecule has 0 saturated heterocycles. The molecule has 0 saturated carbocycles. The summed E-state index contributed by atoms with van der Waals surface area (Å²) in [5.41, 5.74) is 0.391. The van der Waals surface area contributed by atoms with Crippen molar-refractivity contribution in [1.29, 1.82) is 0 Å². The van der Waals surface area contributed by atoms with Crippen LogP contribution in [0.2, 0.25) is 5.15 Å².